The van der Waals surface area contributed by atoms with E-state index >= 15 is 0 Å². The summed E-state index contributed by atoms with van der Waals surface area (Å²) in [5.74, 6) is -0.337. The molecule has 0 bridgehead atoms. The van der Waals surface area contributed by atoms with Crippen LogP contribution in [0.5, 0.6) is 11.5 Å². The molecule has 1 unspecified atom stereocenters. The minimum Gasteiger partial charge on any atom is -0.457 e. The summed E-state index contributed by atoms with van der Waals surface area (Å²) >= 11 is 0. The zero-order chi connectivity index (χ0) is 15.4. The molecular formula is C16H14F2N2O. The quantitative estimate of drug-likeness (QED) is 0.927. The highest BCUT2D eigenvalue weighted by atomic mass is 19.1. The molecule has 0 saturated carbocycles. The number of benzene rings is 2. The lowest BCUT2D eigenvalue weighted by Gasteiger charge is -2.16. The van der Waals surface area contributed by atoms with Crippen LogP contribution >= 0.6 is 0 Å². The van der Waals surface area contributed by atoms with E-state index in [9.17, 15) is 8.78 Å². The molecule has 0 aromatic heterocycles. The molecule has 0 spiro atoms. The van der Waals surface area contributed by atoms with Crippen molar-refractivity contribution in [3.05, 3.63) is 59.2 Å². The molecule has 3 nitrogen and oxygen atoms in total. The Balaban J connectivity index is 2.35. The summed E-state index contributed by atoms with van der Waals surface area (Å²) in [7, 11) is 1.75. The van der Waals surface area contributed by atoms with E-state index < -0.39 is 5.82 Å². The Labute approximate surface area is 121 Å². The van der Waals surface area contributed by atoms with Gasteiger partial charge in [0.25, 0.3) is 0 Å². The molecule has 0 radical (unpaired) electrons. The summed E-state index contributed by atoms with van der Waals surface area (Å²) in [6.45, 7) is 1.86. The predicted molar refractivity (Wildman–Crippen MR) is 75.1 cm³/mol. The van der Waals surface area contributed by atoms with Gasteiger partial charge in [0, 0.05) is 17.7 Å². The van der Waals surface area contributed by atoms with Crippen molar-refractivity contribution < 1.29 is 13.5 Å². The van der Waals surface area contributed by atoms with Crippen molar-refractivity contribution in [1.82, 2.24) is 5.32 Å². The van der Waals surface area contributed by atoms with Crippen molar-refractivity contribution in [2.45, 2.75) is 13.0 Å². The molecule has 108 valence electrons. The average Bonchev–Trinajstić information content (AvgIpc) is 2.48. The maximum absolute atomic E-state index is 13.6. The molecule has 5 heteroatoms. The first-order chi connectivity index (χ1) is 10.0. The van der Waals surface area contributed by atoms with Gasteiger partial charge in [0.15, 0.2) is 0 Å². The second-order valence-corrected chi connectivity index (χ2v) is 4.55. The van der Waals surface area contributed by atoms with Crippen molar-refractivity contribution in [2.24, 2.45) is 0 Å². The van der Waals surface area contributed by atoms with Crippen LogP contribution in [0.3, 0.4) is 0 Å². The Morgan fingerprint density at radius 2 is 1.95 bits per heavy atom. The predicted octanol–water partition coefficient (Wildman–Crippen LogP) is 3.91. The van der Waals surface area contributed by atoms with Gasteiger partial charge >= 0.3 is 0 Å². The molecule has 0 aliphatic carbocycles. The number of nitrogens with one attached hydrogen (secondary N) is 1. The van der Waals surface area contributed by atoms with E-state index in [1.54, 1.807) is 13.1 Å². The molecular weight excluding hydrogens is 274 g/mol. The molecule has 2 rings (SSSR count). The minimum atomic E-state index is -0.652. The Hall–Kier alpha value is -2.45. The van der Waals surface area contributed by atoms with E-state index in [0.29, 0.717) is 11.3 Å². The van der Waals surface area contributed by atoms with E-state index in [0.717, 1.165) is 6.07 Å². The molecule has 2 aromatic carbocycles. The zero-order valence-corrected chi connectivity index (χ0v) is 11.7. The molecule has 0 fully saturated rings. The average molecular weight is 288 g/mol. The zero-order valence-electron chi connectivity index (χ0n) is 11.7. The third-order valence-corrected chi connectivity index (χ3v) is 3.16. The fourth-order valence-corrected chi connectivity index (χ4v) is 1.88. The molecule has 2 aromatic rings. The van der Waals surface area contributed by atoms with Gasteiger partial charge in [-0.25, -0.2) is 8.78 Å². The van der Waals surface area contributed by atoms with Crippen LogP contribution in [0.4, 0.5) is 8.78 Å². The summed E-state index contributed by atoms with van der Waals surface area (Å²) in [5, 5.41) is 11.7. The fourth-order valence-electron chi connectivity index (χ4n) is 1.88. The van der Waals surface area contributed by atoms with Gasteiger partial charge in [0.1, 0.15) is 29.2 Å². The second kappa shape index (κ2) is 6.33. The molecule has 0 aliphatic heterocycles. The molecule has 0 heterocycles. The van der Waals surface area contributed by atoms with Crippen LogP contribution in [0.25, 0.3) is 0 Å². The molecule has 1 atom stereocenters. The maximum Gasteiger partial charge on any atom is 0.144 e. The van der Waals surface area contributed by atoms with Crippen LogP contribution in [-0.4, -0.2) is 7.05 Å². The van der Waals surface area contributed by atoms with Crippen molar-refractivity contribution in [1.29, 1.82) is 5.26 Å². The fraction of sp³-hybridized carbons (Fsp3) is 0.188. The van der Waals surface area contributed by atoms with Crippen molar-refractivity contribution in [3.63, 3.8) is 0 Å². The molecule has 0 amide bonds. The van der Waals surface area contributed by atoms with Gasteiger partial charge in [0.2, 0.25) is 0 Å². The third kappa shape index (κ3) is 3.36. The highest BCUT2D eigenvalue weighted by Crippen LogP contribution is 2.30. The Kier molecular flexibility index (Phi) is 4.51. The maximum atomic E-state index is 13.6. The van der Waals surface area contributed by atoms with E-state index in [1.165, 1.54) is 30.3 Å². The van der Waals surface area contributed by atoms with E-state index in [2.05, 4.69) is 5.32 Å². The number of halogens is 2. The van der Waals surface area contributed by atoms with Gasteiger partial charge in [-0.2, -0.15) is 5.26 Å². The number of hydrogen-bond acceptors (Lipinski definition) is 3. The molecule has 1 N–H and O–H groups in total. The van der Waals surface area contributed by atoms with Crippen molar-refractivity contribution >= 4 is 0 Å². The summed E-state index contributed by atoms with van der Waals surface area (Å²) in [6.07, 6.45) is 0. The van der Waals surface area contributed by atoms with Crippen molar-refractivity contribution in [2.75, 3.05) is 7.05 Å². The second-order valence-electron chi connectivity index (χ2n) is 4.55. The number of ether oxygens (including phenoxy) is 1. The monoisotopic (exact) mass is 288 g/mol. The van der Waals surface area contributed by atoms with Crippen LogP contribution in [0.2, 0.25) is 0 Å². The lowest BCUT2D eigenvalue weighted by atomic mass is 10.1. The number of nitrogens with zero attached hydrogens (tertiary/aromatic N) is 1. The number of rotatable bonds is 4. The lowest BCUT2D eigenvalue weighted by molar-refractivity contribution is 0.458. The number of nitriles is 1. The first-order valence-electron chi connectivity index (χ1n) is 6.39. The molecule has 0 saturated heterocycles. The first kappa shape index (κ1) is 14.9. The normalized spacial score (nSPS) is 11.8. The Bertz CT molecular complexity index is 695. The van der Waals surface area contributed by atoms with E-state index in [-0.39, 0.29) is 23.2 Å². The highest BCUT2D eigenvalue weighted by molar-refractivity contribution is 5.42. The van der Waals surface area contributed by atoms with Crippen LogP contribution in [0, 0.1) is 23.0 Å². The molecule has 21 heavy (non-hydrogen) atoms. The topological polar surface area (TPSA) is 45.0 Å². The van der Waals surface area contributed by atoms with Crippen LogP contribution in [0.15, 0.2) is 36.4 Å². The largest absolute Gasteiger partial charge is 0.457 e. The molecule has 0 aliphatic rings. The van der Waals surface area contributed by atoms with Crippen LogP contribution in [0.1, 0.15) is 24.1 Å². The van der Waals surface area contributed by atoms with Gasteiger partial charge in [-0.1, -0.05) is 0 Å². The lowest BCUT2D eigenvalue weighted by Crippen LogP contribution is -2.13. The summed E-state index contributed by atoms with van der Waals surface area (Å²) < 4.78 is 32.5. The first-order valence-corrected chi connectivity index (χ1v) is 6.39. The SMILES string of the molecule is CNC(C)c1cc(F)ccc1Oc1ccc(C#N)c(F)c1. The standard InChI is InChI=1S/C16H14F2N2O/c1-10(20-2)14-7-12(17)4-6-16(14)21-13-5-3-11(9-19)15(18)8-13/h3-8,10,20H,1-2H3. The van der Waals surface area contributed by atoms with E-state index in [4.69, 9.17) is 10.00 Å². The van der Waals surface area contributed by atoms with Gasteiger partial charge < -0.3 is 10.1 Å². The summed E-state index contributed by atoms with van der Waals surface area (Å²) in [6, 6.07) is 9.74. The summed E-state index contributed by atoms with van der Waals surface area (Å²) in [4.78, 5) is 0. The van der Waals surface area contributed by atoms with Gasteiger partial charge in [-0.05, 0) is 44.3 Å². The van der Waals surface area contributed by atoms with Gasteiger partial charge in [-0.3, -0.25) is 0 Å². The summed E-state index contributed by atoms with van der Waals surface area (Å²) in [5.41, 5.74) is 0.576. The number of hydrogen-bond donors (Lipinski definition) is 1. The van der Waals surface area contributed by atoms with Crippen LogP contribution < -0.4 is 10.1 Å². The Morgan fingerprint density at radius 1 is 1.19 bits per heavy atom. The van der Waals surface area contributed by atoms with Crippen molar-refractivity contribution in [3.8, 4) is 17.6 Å². The highest BCUT2D eigenvalue weighted by Gasteiger charge is 2.13. The minimum absolute atomic E-state index is 0.0507. The van der Waals surface area contributed by atoms with Gasteiger partial charge in [-0.15, -0.1) is 0 Å². The van der Waals surface area contributed by atoms with Crippen LogP contribution in [-0.2, 0) is 0 Å². The van der Waals surface area contributed by atoms with Gasteiger partial charge in [0.05, 0.1) is 5.56 Å². The Morgan fingerprint density at radius 3 is 2.57 bits per heavy atom. The van der Waals surface area contributed by atoms with E-state index in [1.807, 2.05) is 6.92 Å². The third-order valence-electron chi connectivity index (χ3n) is 3.16. The smallest absolute Gasteiger partial charge is 0.144 e.